The van der Waals surface area contributed by atoms with Gasteiger partial charge in [0.25, 0.3) is 0 Å². The first-order chi connectivity index (χ1) is 7.30. The van der Waals surface area contributed by atoms with Crippen LogP contribution in [0.1, 0.15) is 34.1 Å². The van der Waals surface area contributed by atoms with Crippen molar-refractivity contribution in [1.29, 1.82) is 0 Å². The van der Waals surface area contributed by atoms with Crippen molar-refractivity contribution in [2.75, 3.05) is 6.54 Å². The molecule has 0 saturated carbocycles. The van der Waals surface area contributed by atoms with Gasteiger partial charge in [-0.3, -0.25) is 0 Å². The summed E-state index contributed by atoms with van der Waals surface area (Å²) in [5.41, 5.74) is -0.103. The van der Waals surface area contributed by atoms with Gasteiger partial charge in [-0.1, -0.05) is 6.08 Å². The summed E-state index contributed by atoms with van der Waals surface area (Å²) in [4.78, 5) is 2.37. The average molecular weight is 286 g/mol. The van der Waals surface area contributed by atoms with Crippen LogP contribution in [0, 0.1) is 0 Å². The van der Waals surface area contributed by atoms with E-state index in [0.29, 0.717) is 6.04 Å². The molecule has 0 aromatic rings. The van der Waals surface area contributed by atoms with Crippen molar-refractivity contribution in [2.24, 2.45) is 0 Å². The van der Waals surface area contributed by atoms with Gasteiger partial charge >= 0.3 is 0 Å². The molecule has 0 aromatic carbocycles. The van der Waals surface area contributed by atoms with Gasteiger partial charge in [0.05, 0.1) is 17.2 Å². The molecule has 16 heavy (non-hydrogen) atoms. The van der Waals surface area contributed by atoms with E-state index in [1.54, 1.807) is 0 Å². The van der Waals surface area contributed by atoms with E-state index in [0.717, 1.165) is 17.4 Å². The van der Waals surface area contributed by atoms with Crippen LogP contribution in [0.2, 0.25) is 0 Å². The average Bonchev–Trinajstić information content (AvgIpc) is 2.34. The van der Waals surface area contributed by atoms with Crippen LogP contribution in [-0.4, -0.2) is 28.7 Å². The Morgan fingerprint density at radius 1 is 1.38 bits per heavy atom. The third kappa shape index (κ3) is 2.35. The van der Waals surface area contributed by atoms with E-state index >= 15 is 0 Å². The Morgan fingerprint density at radius 3 is 2.56 bits per heavy atom. The van der Waals surface area contributed by atoms with Crippen molar-refractivity contribution < 1.29 is 4.74 Å². The SMILES string of the molecule is CC1(C)CC(N2C=C(Br)C=CC2)C(C)(C)O1. The van der Waals surface area contributed by atoms with Gasteiger partial charge in [-0.25, -0.2) is 0 Å². The summed E-state index contributed by atoms with van der Waals surface area (Å²) in [5, 5.41) is 0. The first-order valence-corrected chi connectivity index (χ1v) is 6.59. The molecule has 0 N–H and O–H groups in total. The second-order valence-corrected chi connectivity index (χ2v) is 6.71. The second-order valence-electron chi connectivity index (χ2n) is 5.80. The van der Waals surface area contributed by atoms with E-state index in [4.69, 9.17) is 4.74 Å². The zero-order chi connectivity index (χ0) is 12.0. The number of hydrogen-bond acceptors (Lipinski definition) is 2. The highest BCUT2D eigenvalue weighted by atomic mass is 79.9. The molecule has 0 radical (unpaired) electrons. The van der Waals surface area contributed by atoms with Crippen molar-refractivity contribution in [3.8, 4) is 0 Å². The van der Waals surface area contributed by atoms with Crippen molar-refractivity contribution in [3.05, 3.63) is 22.8 Å². The summed E-state index contributed by atoms with van der Waals surface area (Å²) in [6, 6.07) is 0.444. The molecule has 1 fully saturated rings. The summed E-state index contributed by atoms with van der Waals surface area (Å²) >= 11 is 3.53. The predicted molar refractivity (Wildman–Crippen MR) is 70.5 cm³/mol. The Labute approximate surface area is 106 Å². The highest BCUT2D eigenvalue weighted by Crippen LogP contribution is 2.40. The lowest BCUT2D eigenvalue weighted by molar-refractivity contribution is -0.0765. The van der Waals surface area contributed by atoms with E-state index in [1.807, 2.05) is 0 Å². The Balaban J connectivity index is 2.19. The molecule has 0 amide bonds. The molecule has 1 atom stereocenters. The van der Waals surface area contributed by atoms with Crippen molar-refractivity contribution >= 4 is 15.9 Å². The topological polar surface area (TPSA) is 12.5 Å². The Morgan fingerprint density at radius 2 is 2.06 bits per heavy atom. The Bertz CT molecular complexity index is 344. The minimum Gasteiger partial charge on any atom is -0.367 e. The minimum atomic E-state index is -0.0849. The molecule has 0 spiro atoms. The van der Waals surface area contributed by atoms with Crippen LogP contribution in [0.25, 0.3) is 0 Å². The lowest BCUT2D eigenvalue weighted by Crippen LogP contribution is -2.44. The molecule has 0 aromatic heterocycles. The third-order valence-electron chi connectivity index (χ3n) is 3.31. The predicted octanol–water partition coefficient (Wildman–Crippen LogP) is 3.44. The summed E-state index contributed by atoms with van der Waals surface area (Å²) in [7, 11) is 0. The van der Waals surface area contributed by atoms with Gasteiger partial charge in [0, 0.05) is 17.2 Å². The van der Waals surface area contributed by atoms with Crippen molar-refractivity contribution in [1.82, 2.24) is 4.90 Å². The van der Waals surface area contributed by atoms with Gasteiger partial charge < -0.3 is 9.64 Å². The molecule has 2 aliphatic heterocycles. The van der Waals surface area contributed by atoms with Crippen LogP contribution in [0.5, 0.6) is 0 Å². The molecular weight excluding hydrogens is 266 g/mol. The molecule has 0 bridgehead atoms. The third-order valence-corrected chi connectivity index (χ3v) is 3.78. The van der Waals surface area contributed by atoms with Gasteiger partial charge in [-0.2, -0.15) is 0 Å². The van der Waals surface area contributed by atoms with Crippen molar-refractivity contribution in [3.63, 3.8) is 0 Å². The largest absolute Gasteiger partial charge is 0.367 e. The second kappa shape index (κ2) is 3.88. The zero-order valence-corrected chi connectivity index (χ0v) is 12.0. The van der Waals surface area contributed by atoms with Crippen LogP contribution in [0.15, 0.2) is 22.8 Å². The van der Waals surface area contributed by atoms with Gasteiger partial charge in [0.2, 0.25) is 0 Å². The minimum absolute atomic E-state index is 0.0182. The maximum absolute atomic E-state index is 6.13. The molecule has 2 nitrogen and oxygen atoms in total. The molecule has 0 aliphatic carbocycles. The molecule has 2 aliphatic rings. The number of hydrogen-bond donors (Lipinski definition) is 0. The lowest BCUT2D eigenvalue weighted by atomic mass is 9.93. The highest BCUT2D eigenvalue weighted by molar-refractivity contribution is 9.11. The van der Waals surface area contributed by atoms with E-state index in [2.05, 4.69) is 66.9 Å². The smallest absolute Gasteiger partial charge is 0.0836 e. The molecule has 2 rings (SSSR count). The monoisotopic (exact) mass is 285 g/mol. The van der Waals surface area contributed by atoms with Crippen LogP contribution >= 0.6 is 15.9 Å². The maximum Gasteiger partial charge on any atom is 0.0836 e. The summed E-state index contributed by atoms with van der Waals surface area (Å²) < 4.78 is 7.27. The van der Waals surface area contributed by atoms with Crippen LogP contribution < -0.4 is 0 Å². The normalized spacial score (nSPS) is 31.7. The molecule has 1 saturated heterocycles. The maximum atomic E-state index is 6.13. The first kappa shape index (κ1) is 12.2. The number of rotatable bonds is 1. The zero-order valence-electron chi connectivity index (χ0n) is 10.5. The summed E-state index contributed by atoms with van der Waals surface area (Å²) in [6.07, 6.45) is 7.54. The van der Waals surface area contributed by atoms with Crippen LogP contribution in [0.4, 0.5) is 0 Å². The standard InChI is InChI=1S/C13H20BrNO/c1-12(2)8-11(13(3,4)16-12)15-7-5-6-10(14)9-15/h5-6,9,11H,7-8H2,1-4H3. The highest BCUT2D eigenvalue weighted by Gasteiger charge is 2.47. The van der Waals surface area contributed by atoms with E-state index in [1.165, 1.54) is 0 Å². The fourth-order valence-corrected chi connectivity index (χ4v) is 3.26. The summed E-state index contributed by atoms with van der Waals surface area (Å²) in [6.45, 7) is 9.70. The number of nitrogens with zero attached hydrogens (tertiary/aromatic N) is 1. The molecule has 90 valence electrons. The van der Waals surface area contributed by atoms with Gasteiger partial charge in [0.15, 0.2) is 0 Å². The molecule has 3 heteroatoms. The van der Waals surface area contributed by atoms with Crippen LogP contribution in [-0.2, 0) is 4.74 Å². The number of halogens is 1. The van der Waals surface area contributed by atoms with Gasteiger partial charge in [-0.05, 0) is 56.1 Å². The van der Waals surface area contributed by atoms with E-state index in [9.17, 15) is 0 Å². The Kier molecular flexibility index (Phi) is 2.96. The van der Waals surface area contributed by atoms with E-state index in [-0.39, 0.29) is 11.2 Å². The number of allylic oxidation sites excluding steroid dienone is 2. The van der Waals surface area contributed by atoms with Gasteiger partial charge in [-0.15, -0.1) is 0 Å². The lowest BCUT2D eigenvalue weighted by Gasteiger charge is -2.36. The van der Waals surface area contributed by atoms with Crippen molar-refractivity contribution in [2.45, 2.75) is 51.4 Å². The summed E-state index contributed by atoms with van der Waals surface area (Å²) in [5.74, 6) is 0. The fourth-order valence-electron chi connectivity index (χ4n) is 2.81. The molecule has 2 heterocycles. The number of ether oxygens (including phenoxy) is 1. The van der Waals surface area contributed by atoms with Crippen LogP contribution in [0.3, 0.4) is 0 Å². The molecular formula is C13H20BrNO. The first-order valence-electron chi connectivity index (χ1n) is 5.80. The fraction of sp³-hybridized carbons (Fsp3) is 0.692. The van der Waals surface area contributed by atoms with E-state index < -0.39 is 0 Å². The molecule has 1 unspecified atom stereocenters. The van der Waals surface area contributed by atoms with Gasteiger partial charge in [0.1, 0.15) is 0 Å². The Hall–Kier alpha value is -0.280. The quantitative estimate of drug-likeness (QED) is 0.732.